The number of hydrogen-bond donors (Lipinski definition) is 1. The molecule has 3 aromatic rings. The number of nitrogens with zero attached hydrogens (tertiary/aromatic N) is 2. The van der Waals surface area contributed by atoms with Crippen LogP contribution < -0.4 is 5.56 Å². The number of unbranched alkanes of at least 4 members (excludes halogenated alkanes) is 3. The number of ether oxygens (including phenoxy) is 1. The number of rotatable bonds is 12. The van der Waals surface area contributed by atoms with Crippen LogP contribution in [-0.4, -0.2) is 27.3 Å². The van der Waals surface area contributed by atoms with E-state index in [9.17, 15) is 4.79 Å². The average Bonchev–Trinajstić information content (AvgIpc) is 2.76. The number of benzene rings is 1. The maximum Gasteiger partial charge on any atom is 0.255 e. The number of H-pyrrole nitrogens is 1. The van der Waals surface area contributed by atoms with E-state index in [1.807, 2.05) is 43.5 Å². The maximum absolute atomic E-state index is 12.3. The van der Waals surface area contributed by atoms with Crippen LogP contribution in [0.4, 0.5) is 0 Å². The fraction of sp³-hybridized carbons (Fsp3) is 0.375. The Hall–Kier alpha value is -2.44. The van der Waals surface area contributed by atoms with Crippen LogP contribution in [0.2, 0.25) is 0 Å². The Labute approximate surface area is 182 Å². The number of aromatic nitrogens is 3. The zero-order chi connectivity index (χ0) is 21.0. The van der Waals surface area contributed by atoms with Gasteiger partial charge in [0.2, 0.25) is 0 Å². The van der Waals surface area contributed by atoms with E-state index in [0.29, 0.717) is 23.7 Å². The van der Waals surface area contributed by atoms with Crippen molar-refractivity contribution in [3.8, 4) is 0 Å². The average molecular weight is 424 g/mol. The monoisotopic (exact) mass is 423 g/mol. The van der Waals surface area contributed by atoms with Crippen LogP contribution in [0.15, 0.2) is 64.8 Å². The minimum atomic E-state index is -0.0661. The highest BCUT2D eigenvalue weighted by Crippen LogP contribution is 2.15. The Morgan fingerprint density at radius 2 is 1.77 bits per heavy atom. The van der Waals surface area contributed by atoms with Crippen LogP contribution in [0.1, 0.15) is 48.1 Å². The topological polar surface area (TPSA) is 67.9 Å². The van der Waals surface area contributed by atoms with Crippen molar-refractivity contribution in [1.82, 2.24) is 15.0 Å². The van der Waals surface area contributed by atoms with Gasteiger partial charge in [-0.05, 0) is 37.0 Å². The van der Waals surface area contributed by atoms with Crippen molar-refractivity contribution in [2.45, 2.75) is 50.8 Å². The largest absolute Gasteiger partial charge is 0.377 e. The highest BCUT2D eigenvalue weighted by Gasteiger charge is 2.05. The molecule has 1 aromatic carbocycles. The first-order valence-corrected chi connectivity index (χ1v) is 11.4. The molecule has 0 saturated carbocycles. The second-order valence-corrected chi connectivity index (χ2v) is 8.41. The molecule has 0 fully saturated rings. The number of nitrogens with one attached hydrogen (secondary N) is 1. The Kier molecular flexibility index (Phi) is 9.12. The smallest absolute Gasteiger partial charge is 0.255 e. The second-order valence-electron chi connectivity index (χ2n) is 7.33. The lowest BCUT2D eigenvalue weighted by molar-refractivity contribution is 0.117. The van der Waals surface area contributed by atoms with Gasteiger partial charge in [0, 0.05) is 42.4 Å². The molecule has 0 unspecified atom stereocenters. The van der Waals surface area contributed by atoms with Crippen molar-refractivity contribution >= 4 is 11.8 Å². The van der Waals surface area contributed by atoms with Crippen molar-refractivity contribution in [3.05, 3.63) is 87.6 Å². The molecular weight excluding hydrogens is 394 g/mol. The number of thioether (sulfide) groups is 1. The molecule has 0 amide bonds. The van der Waals surface area contributed by atoms with Gasteiger partial charge in [-0.15, -0.1) is 0 Å². The first kappa shape index (κ1) is 22.2. The van der Waals surface area contributed by atoms with Gasteiger partial charge < -0.3 is 9.72 Å². The molecule has 0 aliphatic heterocycles. The maximum atomic E-state index is 12.3. The van der Waals surface area contributed by atoms with Gasteiger partial charge in [0.1, 0.15) is 0 Å². The second kappa shape index (κ2) is 12.3. The molecule has 0 aliphatic rings. The summed E-state index contributed by atoms with van der Waals surface area (Å²) in [4.78, 5) is 23.9. The van der Waals surface area contributed by atoms with E-state index in [2.05, 4.69) is 27.1 Å². The summed E-state index contributed by atoms with van der Waals surface area (Å²) in [5.74, 6) is 0.953. The normalized spacial score (nSPS) is 11.0. The Balaban J connectivity index is 1.28. The minimum Gasteiger partial charge on any atom is -0.377 e. The lowest BCUT2D eigenvalue weighted by atomic mass is 10.1. The highest BCUT2D eigenvalue weighted by atomic mass is 32.2. The SMILES string of the molecule is Cc1ccc(Cc2cnc(SCCCCCCOCc3ccccc3)[nH]c2=O)cn1. The highest BCUT2D eigenvalue weighted by molar-refractivity contribution is 7.99. The van der Waals surface area contributed by atoms with Crippen LogP contribution in [0.3, 0.4) is 0 Å². The molecule has 30 heavy (non-hydrogen) atoms. The zero-order valence-electron chi connectivity index (χ0n) is 17.5. The summed E-state index contributed by atoms with van der Waals surface area (Å²) < 4.78 is 5.71. The third-order valence-electron chi connectivity index (χ3n) is 4.75. The van der Waals surface area contributed by atoms with Gasteiger partial charge in [-0.3, -0.25) is 9.78 Å². The van der Waals surface area contributed by atoms with E-state index < -0.39 is 0 Å². The van der Waals surface area contributed by atoms with Gasteiger partial charge in [0.15, 0.2) is 5.16 Å². The molecule has 0 bridgehead atoms. The van der Waals surface area contributed by atoms with Gasteiger partial charge in [0.05, 0.1) is 6.61 Å². The van der Waals surface area contributed by atoms with Gasteiger partial charge in [-0.2, -0.15) is 0 Å². The van der Waals surface area contributed by atoms with Crippen molar-refractivity contribution in [2.24, 2.45) is 0 Å². The third-order valence-corrected chi connectivity index (χ3v) is 5.72. The third kappa shape index (κ3) is 7.76. The quantitative estimate of drug-likeness (QED) is 0.254. The molecule has 2 heterocycles. The van der Waals surface area contributed by atoms with Crippen LogP contribution in [-0.2, 0) is 17.8 Å². The molecule has 0 radical (unpaired) electrons. The molecule has 6 heteroatoms. The Morgan fingerprint density at radius 3 is 2.53 bits per heavy atom. The van der Waals surface area contributed by atoms with Gasteiger partial charge >= 0.3 is 0 Å². The van der Waals surface area contributed by atoms with E-state index in [-0.39, 0.29) is 5.56 Å². The lowest BCUT2D eigenvalue weighted by Crippen LogP contribution is -2.15. The Bertz CT molecular complexity index is 943. The molecule has 5 nitrogen and oxygen atoms in total. The fourth-order valence-corrected chi connectivity index (χ4v) is 3.85. The van der Waals surface area contributed by atoms with Crippen molar-refractivity contribution in [2.75, 3.05) is 12.4 Å². The predicted molar refractivity (Wildman–Crippen MR) is 122 cm³/mol. The fourth-order valence-electron chi connectivity index (χ4n) is 3.02. The zero-order valence-corrected chi connectivity index (χ0v) is 18.3. The molecule has 3 rings (SSSR count). The first-order valence-electron chi connectivity index (χ1n) is 10.4. The van der Waals surface area contributed by atoms with Gasteiger partial charge in [-0.25, -0.2) is 4.98 Å². The number of aryl methyl sites for hydroxylation is 1. The predicted octanol–water partition coefficient (Wildman–Crippen LogP) is 4.93. The van der Waals surface area contributed by atoms with E-state index in [1.54, 1.807) is 18.0 Å². The van der Waals surface area contributed by atoms with Crippen molar-refractivity contribution < 1.29 is 4.74 Å². The van der Waals surface area contributed by atoms with Crippen molar-refractivity contribution in [1.29, 1.82) is 0 Å². The summed E-state index contributed by atoms with van der Waals surface area (Å²) in [6, 6.07) is 14.2. The van der Waals surface area contributed by atoms with E-state index in [1.165, 1.54) is 5.56 Å². The number of pyridine rings is 1. The number of hydrogen-bond acceptors (Lipinski definition) is 5. The molecule has 158 valence electrons. The van der Waals surface area contributed by atoms with Crippen LogP contribution in [0, 0.1) is 6.92 Å². The molecular formula is C24H29N3O2S. The summed E-state index contributed by atoms with van der Waals surface area (Å²) in [6.07, 6.45) is 8.54. The van der Waals surface area contributed by atoms with E-state index >= 15 is 0 Å². The number of aromatic amines is 1. The molecule has 2 aromatic heterocycles. The molecule has 1 N–H and O–H groups in total. The van der Waals surface area contributed by atoms with E-state index in [0.717, 1.165) is 49.3 Å². The van der Waals surface area contributed by atoms with Gasteiger partial charge in [-0.1, -0.05) is 61.0 Å². The minimum absolute atomic E-state index is 0.0661. The van der Waals surface area contributed by atoms with Crippen LogP contribution >= 0.6 is 11.8 Å². The molecule has 0 saturated heterocycles. The molecule has 0 atom stereocenters. The Morgan fingerprint density at radius 1 is 0.933 bits per heavy atom. The summed E-state index contributed by atoms with van der Waals surface area (Å²) in [5, 5.41) is 0.692. The summed E-state index contributed by atoms with van der Waals surface area (Å²) >= 11 is 1.61. The van der Waals surface area contributed by atoms with Crippen LogP contribution in [0.25, 0.3) is 0 Å². The first-order chi connectivity index (χ1) is 14.7. The van der Waals surface area contributed by atoms with Crippen molar-refractivity contribution in [3.63, 3.8) is 0 Å². The standard InChI is InChI=1S/C24H29N3O2S/c1-19-11-12-21(16-25-19)15-22-17-26-24(27-23(22)28)30-14-8-3-2-7-13-29-18-20-9-5-4-6-10-20/h4-6,9-12,16-17H,2-3,7-8,13-15,18H2,1H3,(H,26,27,28). The summed E-state index contributed by atoms with van der Waals surface area (Å²) in [6.45, 7) is 3.44. The van der Waals surface area contributed by atoms with Gasteiger partial charge in [0.25, 0.3) is 5.56 Å². The molecule has 0 spiro atoms. The molecule has 0 aliphatic carbocycles. The van der Waals surface area contributed by atoms with E-state index in [4.69, 9.17) is 4.74 Å². The summed E-state index contributed by atoms with van der Waals surface area (Å²) in [7, 11) is 0. The van der Waals surface area contributed by atoms with Crippen LogP contribution in [0.5, 0.6) is 0 Å². The summed E-state index contributed by atoms with van der Waals surface area (Å²) in [5.41, 5.74) is 3.80. The lowest BCUT2D eigenvalue weighted by Gasteiger charge is -2.05.